The van der Waals surface area contributed by atoms with E-state index in [1.807, 2.05) is 0 Å². The number of hydrogen-bond donors (Lipinski definition) is 0. The van der Waals surface area contributed by atoms with Crippen molar-refractivity contribution in [2.45, 2.75) is 48.0 Å². The normalized spacial score (nSPS) is 51.2. The largest absolute Gasteiger partial charge is 0.0622 e. The zero-order valence-electron chi connectivity index (χ0n) is 10.0. The molecule has 3 fully saturated rings. The molecule has 3 rings (SSSR count). The van der Waals surface area contributed by atoms with E-state index < -0.39 is 0 Å². The van der Waals surface area contributed by atoms with Gasteiger partial charge in [0, 0.05) is 0 Å². The lowest BCUT2D eigenvalue weighted by atomic mass is 9.33. The standard InChI is InChI=1S/C13H24/c1-8-7-10-12(3,4)11(9(8)2)13(10,5)6/h8-11H,7H2,1-6H3. The quantitative estimate of drug-likeness (QED) is 0.529. The van der Waals surface area contributed by atoms with Crippen molar-refractivity contribution < 1.29 is 0 Å². The molecule has 0 nitrogen and oxygen atoms in total. The van der Waals surface area contributed by atoms with Crippen LogP contribution in [0.3, 0.4) is 0 Å². The third-order valence-corrected chi connectivity index (χ3v) is 5.43. The van der Waals surface area contributed by atoms with Gasteiger partial charge >= 0.3 is 0 Å². The van der Waals surface area contributed by atoms with Gasteiger partial charge in [-0.15, -0.1) is 0 Å². The van der Waals surface area contributed by atoms with Crippen LogP contribution in [0.15, 0.2) is 0 Å². The molecule has 2 unspecified atom stereocenters. The Hall–Kier alpha value is 0. The van der Waals surface area contributed by atoms with Crippen molar-refractivity contribution in [2.75, 3.05) is 0 Å². The van der Waals surface area contributed by atoms with E-state index in [4.69, 9.17) is 0 Å². The Labute approximate surface area is 83.1 Å². The summed E-state index contributed by atoms with van der Waals surface area (Å²) in [6.07, 6.45) is 1.46. The highest BCUT2D eigenvalue weighted by molar-refractivity contribution is 5.14. The molecule has 0 saturated heterocycles. The van der Waals surface area contributed by atoms with Crippen LogP contribution in [0, 0.1) is 34.5 Å². The Morgan fingerprint density at radius 3 is 1.69 bits per heavy atom. The third-order valence-electron chi connectivity index (χ3n) is 5.43. The van der Waals surface area contributed by atoms with Crippen LogP contribution in [0.1, 0.15) is 48.0 Å². The maximum Gasteiger partial charge on any atom is -0.0277 e. The molecule has 0 aliphatic heterocycles. The topological polar surface area (TPSA) is 0 Å². The van der Waals surface area contributed by atoms with Crippen molar-refractivity contribution in [2.24, 2.45) is 34.5 Å². The summed E-state index contributed by atoms with van der Waals surface area (Å²) in [6, 6.07) is 0. The molecule has 2 bridgehead atoms. The molecule has 13 heavy (non-hydrogen) atoms. The molecule has 0 aromatic rings. The minimum atomic E-state index is 0.620. The third kappa shape index (κ3) is 0.926. The Balaban J connectivity index is 2.32. The summed E-state index contributed by atoms with van der Waals surface area (Å²) in [4.78, 5) is 0. The SMILES string of the molecule is CC1CC2C(C)(C)C(C1C)C2(C)C. The summed E-state index contributed by atoms with van der Waals surface area (Å²) in [5, 5.41) is 0. The van der Waals surface area contributed by atoms with Crippen molar-refractivity contribution in [3.8, 4) is 0 Å². The molecule has 0 radical (unpaired) electrons. The van der Waals surface area contributed by atoms with E-state index in [0.29, 0.717) is 10.8 Å². The van der Waals surface area contributed by atoms with Gasteiger partial charge in [0.1, 0.15) is 0 Å². The molecule has 3 aliphatic carbocycles. The average Bonchev–Trinajstić information content (AvgIpc) is 1.95. The van der Waals surface area contributed by atoms with Crippen LogP contribution in [0.4, 0.5) is 0 Å². The Morgan fingerprint density at radius 2 is 1.38 bits per heavy atom. The highest BCUT2D eigenvalue weighted by atomic mass is 14.7. The Bertz CT molecular complexity index is 208. The maximum atomic E-state index is 2.48. The van der Waals surface area contributed by atoms with Crippen LogP contribution in [0.5, 0.6) is 0 Å². The zero-order chi connectivity index (χ0) is 10.0. The van der Waals surface area contributed by atoms with E-state index in [1.165, 1.54) is 6.42 Å². The van der Waals surface area contributed by atoms with Gasteiger partial charge in [-0.05, 0) is 40.9 Å². The average molecular weight is 180 g/mol. The lowest BCUT2D eigenvalue weighted by molar-refractivity contribution is -0.237. The summed E-state index contributed by atoms with van der Waals surface area (Å²) in [7, 11) is 0. The van der Waals surface area contributed by atoms with Gasteiger partial charge in [-0.1, -0.05) is 41.5 Å². The van der Waals surface area contributed by atoms with Gasteiger partial charge in [-0.2, -0.15) is 0 Å². The van der Waals surface area contributed by atoms with Crippen molar-refractivity contribution in [1.29, 1.82) is 0 Å². The first-order chi connectivity index (χ1) is 5.79. The monoisotopic (exact) mass is 180 g/mol. The fourth-order valence-electron chi connectivity index (χ4n) is 5.13. The molecule has 0 heterocycles. The minimum Gasteiger partial charge on any atom is -0.0622 e. The second-order valence-electron chi connectivity index (χ2n) is 6.75. The predicted octanol–water partition coefficient (Wildman–Crippen LogP) is 3.96. The molecule has 0 aromatic heterocycles. The minimum absolute atomic E-state index is 0.620. The smallest absolute Gasteiger partial charge is 0.0277 e. The van der Waals surface area contributed by atoms with Crippen LogP contribution in [0.25, 0.3) is 0 Å². The lowest BCUT2D eigenvalue weighted by Crippen LogP contribution is -2.66. The van der Waals surface area contributed by atoms with E-state index in [2.05, 4.69) is 41.5 Å². The molecule has 3 aliphatic rings. The summed E-state index contributed by atoms with van der Waals surface area (Å²) in [5.74, 6) is 3.80. The lowest BCUT2D eigenvalue weighted by Gasteiger charge is -2.72. The van der Waals surface area contributed by atoms with Gasteiger partial charge in [-0.3, -0.25) is 0 Å². The van der Waals surface area contributed by atoms with Gasteiger partial charge in [0.15, 0.2) is 0 Å². The first-order valence-corrected chi connectivity index (χ1v) is 5.79. The zero-order valence-corrected chi connectivity index (χ0v) is 10.0. The second kappa shape index (κ2) is 2.32. The molecule has 0 amide bonds. The molecular weight excluding hydrogens is 156 g/mol. The van der Waals surface area contributed by atoms with E-state index >= 15 is 0 Å². The number of hydrogen-bond acceptors (Lipinski definition) is 0. The highest BCUT2D eigenvalue weighted by Crippen LogP contribution is 2.72. The van der Waals surface area contributed by atoms with E-state index in [0.717, 1.165) is 23.7 Å². The molecule has 76 valence electrons. The molecule has 0 spiro atoms. The highest BCUT2D eigenvalue weighted by Gasteiger charge is 2.66. The van der Waals surface area contributed by atoms with E-state index in [9.17, 15) is 0 Å². The molecule has 0 aromatic carbocycles. The number of fused-ring (bicyclic) bond motifs is 2. The Kier molecular flexibility index (Phi) is 1.71. The fourth-order valence-corrected chi connectivity index (χ4v) is 5.13. The molecule has 3 saturated carbocycles. The fraction of sp³-hybridized carbons (Fsp3) is 1.00. The van der Waals surface area contributed by atoms with Crippen LogP contribution < -0.4 is 0 Å². The molecule has 0 heteroatoms. The number of rotatable bonds is 0. The van der Waals surface area contributed by atoms with Gasteiger partial charge in [0.05, 0.1) is 0 Å². The molecular formula is C13H24. The van der Waals surface area contributed by atoms with E-state index in [1.54, 1.807) is 0 Å². The van der Waals surface area contributed by atoms with Gasteiger partial charge in [0.25, 0.3) is 0 Å². The molecule has 2 atom stereocenters. The molecule has 0 N–H and O–H groups in total. The van der Waals surface area contributed by atoms with Gasteiger partial charge in [0.2, 0.25) is 0 Å². The maximum absolute atomic E-state index is 2.48. The summed E-state index contributed by atoms with van der Waals surface area (Å²) >= 11 is 0. The van der Waals surface area contributed by atoms with Crippen LogP contribution in [0.2, 0.25) is 0 Å². The van der Waals surface area contributed by atoms with Crippen LogP contribution >= 0.6 is 0 Å². The summed E-state index contributed by atoms with van der Waals surface area (Å²) in [6.45, 7) is 14.8. The summed E-state index contributed by atoms with van der Waals surface area (Å²) < 4.78 is 0. The van der Waals surface area contributed by atoms with Crippen molar-refractivity contribution in [3.05, 3.63) is 0 Å². The Morgan fingerprint density at radius 1 is 0.923 bits per heavy atom. The van der Waals surface area contributed by atoms with Crippen molar-refractivity contribution in [1.82, 2.24) is 0 Å². The van der Waals surface area contributed by atoms with E-state index in [-0.39, 0.29) is 0 Å². The predicted molar refractivity (Wildman–Crippen MR) is 57.5 cm³/mol. The second-order valence-corrected chi connectivity index (χ2v) is 6.75. The van der Waals surface area contributed by atoms with Crippen molar-refractivity contribution in [3.63, 3.8) is 0 Å². The van der Waals surface area contributed by atoms with Gasteiger partial charge in [-0.25, -0.2) is 0 Å². The van der Waals surface area contributed by atoms with Crippen LogP contribution in [-0.2, 0) is 0 Å². The summed E-state index contributed by atoms with van der Waals surface area (Å²) in [5.41, 5.74) is 1.24. The first kappa shape index (κ1) is 9.55. The van der Waals surface area contributed by atoms with Crippen LogP contribution in [-0.4, -0.2) is 0 Å². The van der Waals surface area contributed by atoms with Crippen molar-refractivity contribution >= 4 is 0 Å². The first-order valence-electron chi connectivity index (χ1n) is 5.79. The van der Waals surface area contributed by atoms with Gasteiger partial charge < -0.3 is 0 Å².